The molecule has 1 saturated heterocycles. The summed E-state index contributed by atoms with van der Waals surface area (Å²) in [5.41, 5.74) is 0.892. The van der Waals surface area contributed by atoms with Crippen LogP contribution in [0.3, 0.4) is 0 Å². The summed E-state index contributed by atoms with van der Waals surface area (Å²) in [7, 11) is -0.130. The number of rotatable bonds is 8. The van der Waals surface area contributed by atoms with Crippen LogP contribution in [0.15, 0.2) is 42.5 Å². The van der Waals surface area contributed by atoms with E-state index in [0.717, 1.165) is 19.3 Å². The molecule has 24 heavy (non-hydrogen) atoms. The highest BCUT2D eigenvalue weighted by Gasteiger charge is 2.52. The smallest absolute Gasteiger partial charge is 0.403 e. The third-order valence-electron chi connectivity index (χ3n) is 5.34. The molecule has 0 aliphatic carbocycles. The normalized spacial score (nSPS) is 20.6. The zero-order valence-electron chi connectivity index (χ0n) is 16.0. The molecule has 1 aliphatic heterocycles. The molecule has 2 rings (SSSR count). The molecule has 0 N–H and O–H groups in total. The van der Waals surface area contributed by atoms with E-state index in [2.05, 4.69) is 77.1 Å². The number of hydrogen-bond acceptors (Lipinski definition) is 2. The molecule has 0 aromatic heterocycles. The number of hydrogen-bond donors (Lipinski definition) is 0. The summed E-state index contributed by atoms with van der Waals surface area (Å²) in [6.07, 6.45) is 10.3. The summed E-state index contributed by atoms with van der Waals surface area (Å²) in [6.45, 7) is 10.7. The second-order valence-corrected chi connectivity index (χ2v) is 7.88. The molecule has 1 aromatic rings. The van der Waals surface area contributed by atoms with Crippen LogP contribution < -0.4 is 0 Å². The van der Waals surface area contributed by atoms with Crippen LogP contribution in [0.2, 0.25) is 5.82 Å². The van der Waals surface area contributed by atoms with Crippen molar-refractivity contribution < 1.29 is 9.31 Å². The largest absolute Gasteiger partial charge is 0.465 e. The van der Waals surface area contributed by atoms with E-state index in [9.17, 15) is 0 Å². The second-order valence-electron chi connectivity index (χ2n) is 7.88. The zero-order chi connectivity index (χ0) is 17.6. The Kier molecular flexibility index (Phi) is 6.71. The first kappa shape index (κ1) is 19.3. The molecule has 1 aromatic carbocycles. The monoisotopic (exact) mass is 328 g/mol. The van der Waals surface area contributed by atoms with E-state index >= 15 is 0 Å². The summed E-state index contributed by atoms with van der Waals surface area (Å²) < 4.78 is 12.5. The molecule has 1 aliphatic rings. The van der Waals surface area contributed by atoms with Gasteiger partial charge in [0, 0.05) is 5.82 Å². The van der Waals surface area contributed by atoms with E-state index < -0.39 is 0 Å². The van der Waals surface area contributed by atoms with Crippen LogP contribution in [0.5, 0.6) is 0 Å². The molecule has 1 atom stereocenters. The third-order valence-corrected chi connectivity index (χ3v) is 5.34. The van der Waals surface area contributed by atoms with Crippen molar-refractivity contribution in [3.63, 3.8) is 0 Å². The summed E-state index contributed by atoms with van der Waals surface area (Å²) in [4.78, 5) is 0. The molecule has 3 heteroatoms. The van der Waals surface area contributed by atoms with Gasteiger partial charge in [0.2, 0.25) is 0 Å². The quantitative estimate of drug-likeness (QED) is 0.442. The van der Waals surface area contributed by atoms with Gasteiger partial charge in [-0.1, -0.05) is 62.2 Å². The van der Waals surface area contributed by atoms with E-state index in [1.807, 2.05) is 0 Å². The predicted octanol–water partition coefficient (Wildman–Crippen LogP) is 5.83. The van der Waals surface area contributed by atoms with Crippen LogP contribution in [-0.4, -0.2) is 18.3 Å². The maximum atomic E-state index is 6.27. The lowest BCUT2D eigenvalue weighted by Crippen LogP contribution is -2.41. The van der Waals surface area contributed by atoms with E-state index in [1.165, 1.54) is 18.4 Å². The van der Waals surface area contributed by atoms with Crippen LogP contribution in [-0.2, 0) is 15.7 Å². The van der Waals surface area contributed by atoms with E-state index in [0.29, 0.717) is 5.82 Å². The van der Waals surface area contributed by atoms with Crippen LogP contribution in [0.4, 0.5) is 0 Å². The van der Waals surface area contributed by atoms with Gasteiger partial charge in [0.1, 0.15) is 0 Å². The molecular formula is C21H33BO2. The summed E-state index contributed by atoms with van der Waals surface area (Å²) in [6, 6.07) is 10.7. The SMILES string of the molecule is CCCC[C@@H](/C=C/CCc1ccccc1)B1OC(C)(C)C(C)(C)O1. The molecule has 2 nitrogen and oxygen atoms in total. The third kappa shape index (κ3) is 4.97. The van der Waals surface area contributed by atoms with Gasteiger partial charge in [-0.05, 0) is 52.5 Å². The van der Waals surface area contributed by atoms with Gasteiger partial charge >= 0.3 is 7.12 Å². The van der Waals surface area contributed by atoms with Crippen molar-refractivity contribution in [2.45, 2.75) is 83.7 Å². The standard InChI is InChI=1S/C21H33BO2/c1-6-7-16-19(22-23-20(2,3)21(4,5)24-22)17-12-11-15-18-13-9-8-10-14-18/h8-10,12-14,17,19H,6-7,11,15-16H2,1-5H3/b17-12+/t19-/m0/s1. The lowest BCUT2D eigenvalue weighted by molar-refractivity contribution is 0.00578. The van der Waals surface area contributed by atoms with Gasteiger partial charge in [0.25, 0.3) is 0 Å². The summed E-state index contributed by atoms with van der Waals surface area (Å²) >= 11 is 0. The Morgan fingerprint density at radius 3 is 2.25 bits per heavy atom. The van der Waals surface area contributed by atoms with Crippen molar-refractivity contribution in [3.8, 4) is 0 Å². The maximum Gasteiger partial charge on any atom is 0.465 e. The lowest BCUT2D eigenvalue weighted by Gasteiger charge is -2.32. The Hall–Kier alpha value is -1.06. The minimum absolute atomic E-state index is 0.130. The average molecular weight is 328 g/mol. The van der Waals surface area contributed by atoms with Crippen LogP contribution in [0, 0.1) is 0 Å². The van der Waals surface area contributed by atoms with Gasteiger partial charge in [0.15, 0.2) is 0 Å². The molecule has 1 heterocycles. The van der Waals surface area contributed by atoms with Crippen molar-refractivity contribution in [1.82, 2.24) is 0 Å². The van der Waals surface area contributed by atoms with Gasteiger partial charge in [0.05, 0.1) is 11.2 Å². The maximum absolute atomic E-state index is 6.27. The van der Waals surface area contributed by atoms with Gasteiger partial charge < -0.3 is 9.31 Å². The van der Waals surface area contributed by atoms with Gasteiger partial charge in [-0.2, -0.15) is 0 Å². The van der Waals surface area contributed by atoms with Crippen molar-refractivity contribution >= 4 is 7.12 Å². The minimum Gasteiger partial charge on any atom is -0.403 e. The highest BCUT2D eigenvalue weighted by molar-refractivity contribution is 6.48. The molecule has 132 valence electrons. The zero-order valence-corrected chi connectivity index (χ0v) is 16.0. The topological polar surface area (TPSA) is 18.5 Å². The molecule has 0 radical (unpaired) electrons. The fourth-order valence-corrected chi connectivity index (χ4v) is 2.99. The number of unbranched alkanes of at least 4 members (excludes halogenated alkanes) is 1. The van der Waals surface area contributed by atoms with Crippen molar-refractivity contribution in [2.24, 2.45) is 0 Å². The number of aryl methyl sites for hydroxylation is 1. The Labute approximate surface area is 148 Å². The highest BCUT2D eigenvalue weighted by atomic mass is 16.7. The van der Waals surface area contributed by atoms with E-state index in [1.54, 1.807) is 0 Å². The van der Waals surface area contributed by atoms with Gasteiger partial charge in [-0.3, -0.25) is 0 Å². The number of allylic oxidation sites excluding steroid dienone is 2. The summed E-state index contributed by atoms with van der Waals surface area (Å²) in [5.74, 6) is 0.335. The molecule has 1 fully saturated rings. The van der Waals surface area contributed by atoms with Gasteiger partial charge in [-0.25, -0.2) is 0 Å². The van der Waals surface area contributed by atoms with Crippen LogP contribution in [0.25, 0.3) is 0 Å². The fourth-order valence-electron chi connectivity index (χ4n) is 2.99. The first-order chi connectivity index (χ1) is 11.4. The molecule has 0 saturated carbocycles. The lowest BCUT2D eigenvalue weighted by atomic mass is 9.69. The Bertz CT molecular complexity index is 506. The predicted molar refractivity (Wildman–Crippen MR) is 103 cm³/mol. The Balaban J connectivity index is 1.94. The van der Waals surface area contributed by atoms with Crippen LogP contribution in [0.1, 0.15) is 65.9 Å². The molecule has 0 unspecified atom stereocenters. The van der Waals surface area contributed by atoms with Crippen LogP contribution >= 0.6 is 0 Å². The molecular weight excluding hydrogens is 295 g/mol. The average Bonchev–Trinajstić information content (AvgIpc) is 2.75. The van der Waals surface area contributed by atoms with Crippen molar-refractivity contribution in [1.29, 1.82) is 0 Å². The molecule has 0 spiro atoms. The molecule has 0 bridgehead atoms. The Morgan fingerprint density at radius 2 is 1.67 bits per heavy atom. The fraction of sp³-hybridized carbons (Fsp3) is 0.619. The summed E-state index contributed by atoms with van der Waals surface area (Å²) in [5, 5.41) is 0. The van der Waals surface area contributed by atoms with Crippen molar-refractivity contribution in [2.75, 3.05) is 0 Å². The van der Waals surface area contributed by atoms with E-state index in [-0.39, 0.29) is 18.3 Å². The molecule has 0 amide bonds. The van der Waals surface area contributed by atoms with Crippen molar-refractivity contribution in [3.05, 3.63) is 48.0 Å². The second kappa shape index (κ2) is 8.35. The Morgan fingerprint density at radius 1 is 1.04 bits per heavy atom. The first-order valence-electron chi connectivity index (χ1n) is 9.42. The first-order valence-corrected chi connectivity index (χ1v) is 9.42. The number of benzene rings is 1. The highest BCUT2D eigenvalue weighted by Crippen LogP contribution is 2.41. The van der Waals surface area contributed by atoms with E-state index in [4.69, 9.17) is 9.31 Å². The minimum atomic E-state index is -0.250. The van der Waals surface area contributed by atoms with Gasteiger partial charge in [-0.15, -0.1) is 0 Å².